The van der Waals surface area contributed by atoms with Gasteiger partial charge in [-0.05, 0) is 25.1 Å². The summed E-state index contributed by atoms with van der Waals surface area (Å²) in [6.45, 7) is 2.55. The van der Waals surface area contributed by atoms with Crippen molar-refractivity contribution in [3.05, 3.63) is 42.1 Å². The van der Waals surface area contributed by atoms with Gasteiger partial charge < -0.3 is 10.2 Å². The van der Waals surface area contributed by atoms with E-state index in [1.54, 1.807) is 10.9 Å². The van der Waals surface area contributed by atoms with Crippen molar-refractivity contribution in [3.8, 4) is 0 Å². The molecule has 0 aromatic carbocycles. The van der Waals surface area contributed by atoms with E-state index < -0.39 is 0 Å². The molecule has 74 valence electrons. The van der Waals surface area contributed by atoms with Gasteiger partial charge in [-0.1, -0.05) is 0 Å². The number of nitrogens with zero attached hydrogens (tertiary/aromatic N) is 2. The summed E-state index contributed by atoms with van der Waals surface area (Å²) in [5.74, 6) is 1.69. The first kappa shape index (κ1) is 9.02. The second-order valence-electron chi connectivity index (χ2n) is 3.28. The van der Waals surface area contributed by atoms with E-state index in [9.17, 15) is 0 Å². The van der Waals surface area contributed by atoms with Crippen LogP contribution in [0.3, 0.4) is 0 Å². The van der Waals surface area contributed by atoms with Crippen molar-refractivity contribution in [2.24, 2.45) is 5.73 Å². The molecule has 2 rings (SSSR count). The molecule has 1 unspecified atom stereocenters. The normalized spacial score (nSPS) is 13.0. The van der Waals surface area contributed by atoms with Gasteiger partial charge in [0.25, 0.3) is 0 Å². The lowest BCUT2D eigenvalue weighted by Crippen LogP contribution is -2.17. The number of furan rings is 1. The fourth-order valence-corrected chi connectivity index (χ4v) is 1.35. The molecular formula is C10H13N3O. The minimum Gasteiger partial charge on any atom is -0.465 e. The molecule has 0 fully saturated rings. The number of hydrogen-bond acceptors (Lipinski definition) is 3. The first-order chi connectivity index (χ1) is 6.75. The van der Waals surface area contributed by atoms with Gasteiger partial charge in [-0.3, -0.25) is 4.68 Å². The third kappa shape index (κ3) is 1.85. The van der Waals surface area contributed by atoms with Crippen LogP contribution in [-0.4, -0.2) is 9.78 Å². The zero-order valence-corrected chi connectivity index (χ0v) is 8.05. The van der Waals surface area contributed by atoms with Crippen molar-refractivity contribution in [3.63, 3.8) is 0 Å². The van der Waals surface area contributed by atoms with E-state index in [1.165, 1.54) is 0 Å². The average Bonchev–Trinajstić information content (AvgIpc) is 2.75. The lowest BCUT2D eigenvalue weighted by Gasteiger charge is -2.08. The van der Waals surface area contributed by atoms with Crippen LogP contribution in [-0.2, 0) is 6.54 Å². The highest BCUT2D eigenvalue weighted by Crippen LogP contribution is 2.15. The van der Waals surface area contributed by atoms with Gasteiger partial charge in [-0.25, -0.2) is 0 Å². The average molecular weight is 191 g/mol. The number of aryl methyl sites for hydroxylation is 1. The Hall–Kier alpha value is -1.55. The molecular weight excluding hydrogens is 178 g/mol. The van der Waals surface area contributed by atoms with Crippen molar-refractivity contribution >= 4 is 0 Å². The maximum Gasteiger partial charge on any atom is 0.122 e. The van der Waals surface area contributed by atoms with Crippen molar-refractivity contribution in [1.82, 2.24) is 9.78 Å². The molecule has 0 saturated carbocycles. The number of hydrogen-bond donors (Lipinski definition) is 1. The summed E-state index contributed by atoms with van der Waals surface area (Å²) in [7, 11) is 0. The largest absolute Gasteiger partial charge is 0.465 e. The van der Waals surface area contributed by atoms with Gasteiger partial charge in [0.05, 0.1) is 12.6 Å². The zero-order chi connectivity index (χ0) is 9.97. The maximum atomic E-state index is 5.94. The molecule has 0 aliphatic rings. The Bertz CT molecular complexity index is 391. The first-order valence-electron chi connectivity index (χ1n) is 4.55. The molecule has 1 atom stereocenters. The highest BCUT2D eigenvalue weighted by Gasteiger charge is 2.10. The number of nitrogens with two attached hydrogens (primary N) is 1. The molecule has 14 heavy (non-hydrogen) atoms. The van der Waals surface area contributed by atoms with Gasteiger partial charge in [0, 0.05) is 12.4 Å². The Morgan fingerprint density at radius 1 is 1.57 bits per heavy atom. The van der Waals surface area contributed by atoms with Gasteiger partial charge in [0.15, 0.2) is 0 Å². The lowest BCUT2D eigenvalue weighted by atomic mass is 10.2. The summed E-state index contributed by atoms with van der Waals surface area (Å²) >= 11 is 0. The molecule has 4 heteroatoms. The van der Waals surface area contributed by atoms with Crippen LogP contribution >= 0.6 is 0 Å². The molecule has 0 amide bonds. The highest BCUT2D eigenvalue weighted by molar-refractivity contribution is 5.09. The minimum absolute atomic E-state index is 0.136. The van der Waals surface area contributed by atoms with E-state index in [-0.39, 0.29) is 6.04 Å². The first-order valence-corrected chi connectivity index (χ1v) is 4.55. The summed E-state index contributed by atoms with van der Waals surface area (Å²) in [5, 5.41) is 4.08. The van der Waals surface area contributed by atoms with Gasteiger partial charge >= 0.3 is 0 Å². The van der Waals surface area contributed by atoms with E-state index in [1.807, 2.05) is 31.3 Å². The smallest absolute Gasteiger partial charge is 0.122 e. The van der Waals surface area contributed by atoms with E-state index >= 15 is 0 Å². The molecule has 2 N–H and O–H groups in total. The Balaban J connectivity index is 2.06. The SMILES string of the molecule is Cc1ccc(C(N)Cn2cccn2)o1. The lowest BCUT2D eigenvalue weighted by molar-refractivity contribution is 0.409. The topological polar surface area (TPSA) is 57.0 Å². The molecule has 0 aliphatic heterocycles. The molecule has 4 nitrogen and oxygen atoms in total. The van der Waals surface area contributed by atoms with Crippen LogP contribution in [0.5, 0.6) is 0 Å². The van der Waals surface area contributed by atoms with Crippen LogP contribution < -0.4 is 5.73 Å². The van der Waals surface area contributed by atoms with Gasteiger partial charge in [-0.2, -0.15) is 5.10 Å². The van der Waals surface area contributed by atoms with Crippen LogP contribution in [0.2, 0.25) is 0 Å². The van der Waals surface area contributed by atoms with E-state index in [0.29, 0.717) is 6.54 Å². The standard InChI is InChI=1S/C10H13N3O/c1-8-3-4-10(14-8)9(11)7-13-6-2-5-12-13/h2-6,9H,7,11H2,1H3. The van der Waals surface area contributed by atoms with E-state index in [2.05, 4.69) is 5.10 Å². The zero-order valence-electron chi connectivity index (χ0n) is 8.05. The number of rotatable bonds is 3. The summed E-state index contributed by atoms with van der Waals surface area (Å²) in [6, 6.07) is 5.56. The second kappa shape index (κ2) is 3.67. The monoisotopic (exact) mass is 191 g/mol. The van der Waals surface area contributed by atoms with Crippen LogP contribution in [0.1, 0.15) is 17.6 Å². The van der Waals surface area contributed by atoms with Gasteiger partial charge in [-0.15, -0.1) is 0 Å². The third-order valence-corrected chi connectivity index (χ3v) is 2.07. The molecule has 0 saturated heterocycles. The van der Waals surface area contributed by atoms with E-state index in [0.717, 1.165) is 11.5 Å². The summed E-state index contributed by atoms with van der Waals surface area (Å²) in [6.07, 6.45) is 3.62. The third-order valence-electron chi connectivity index (χ3n) is 2.07. The summed E-state index contributed by atoms with van der Waals surface area (Å²) in [4.78, 5) is 0. The van der Waals surface area contributed by atoms with Crippen LogP contribution in [0.4, 0.5) is 0 Å². The van der Waals surface area contributed by atoms with E-state index in [4.69, 9.17) is 10.2 Å². The predicted molar refractivity (Wildman–Crippen MR) is 52.6 cm³/mol. The summed E-state index contributed by atoms with van der Waals surface area (Å²) < 4.78 is 7.22. The fraction of sp³-hybridized carbons (Fsp3) is 0.300. The molecule has 0 spiro atoms. The Kier molecular flexibility index (Phi) is 2.37. The maximum absolute atomic E-state index is 5.94. The van der Waals surface area contributed by atoms with Gasteiger partial charge in [0.1, 0.15) is 11.5 Å². The predicted octanol–water partition coefficient (Wildman–Crippen LogP) is 1.48. The highest BCUT2D eigenvalue weighted by atomic mass is 16.3. The fourth-order valence-electron chi connectivity index (χ4n) is 1.35. The molecule has 0 bridgehead atoms. The number of aromatic nitrogens is 2. The molecule has 0 radical (unpaired) electrons. The summed E-state index contributed by atoms with van der Waals surface area (Å²) in [5.41, 5.74) is 5.94. The minimum atomic E-state index is -0.136. The second-order valence-corrected chi connectivity index (χ2v) is 3.28. The van der Waals surface area contributed by atoms with Crippen LogP contribution in [0, 0.1) is 6.92 Å². The van der Waals surface area contributed by atoms with Gasteiger partial charge in [0.2, 0.25) is 0 Å². The molecule has 2 aromatic rings. The van der Waals surface area contributed by atoms with Crippen LogP contribution in [0.25, 0.3) is 0 Å². The van der Waals surface area contributed by atoms with Crippen molar-refractivity contribution in [2.75, 3.05) is 0 Å². The Labute approximate surface area is 82.3 Å². The van der Waals surface area contributed by atoms with Crippen LogP contribution in [0.15, 0.2) is 35.0 Å². The molecule has 2 aromatic heterocycles. The quantitative estimate of drug-likeness (QED) is 0.799. The molecule has 0 aliphatic carbocycles. The van der Waals surface area contributed by atoms with Crippen molar-refractivity contribution in [2.45, 2.75) is 19.5 Å². The Morgan fingerprint density at radius 2 is 2.43 bits per heavy atom. The molecule has 2 heterocycles. The Morgan fingerprint density at radius 3 is 3.00 bits per heavy atom. The van der Waals surface area contributed by atoms with Crippen molar-refractivity contribution < 1.29 is 4.42 Å². The van der Waals surface area contributed by atoms with Crippen molar-refractivity contribution in [1.29, 1.82) is 0 Å².